The van der Waals surface area contributed by atoms with E-state index in [2.05, 4.69) is 40.2 Å². The molecule has 0 heterocycles. The van der Waals surface area contributed by atoms with Crippen LogP contribution in [0, 0.1) is 0 Å². The maximum atomic E-state index is 5.14. The van der Waals surface area contributed by atoms with Gasteiger partial charge in [0.15, 0.2) is 0 Å². The predicted octanol–water partition coefficient (Wildman–Crippen LogP) is 4.18. The first kappa shape index (κ1) is 11.2. The lowest BCUT2D eigenvalue weighted by molar-refractivity contribution is 0.414. The molecule has 0 fully saturated rings. The van der Waals surface area contributed by atoms with Gasteiger partial charge in [-0.2, -0.15) is 0 Å². The highest BCUT2D eigenvalue weighted by Gasteiger charge is 2.09. The third-order valence-electron chi connectivity index (χ3n) is 2.50. The summed E-state index contributed by atoms with van der Waals surface area (Å²) in [5, 5.41) is 0. The first-order chi connectivity index (χ1) is 7.81. The molecule has 2 aromatic rings. The third kappa shape index (κ3) is 2.45. The van der Waals surface area contributed by atoms with E-state index in [9.17, 15) is 0 Å². The van der Waals surface area contributed by atoms with Gasteiger partial charge in [0.05, 0.1) is 11.9 Å². The molecule has 1 atom stereocenters. The normalized spacial score (nSPS) is 12.1. The van der Waals surface area contributed by atoms with Gasteiger partial charge in [-0.1, -0.05) is 58.4 Å². The predicted molar refractivity (Wildman–Crippen MR) is 70.2 cm³/mol. The van der Waals surface area contributed by atoms with Crippen LogP contribution < -0.4 is 4.74 Å². The molecule has 0 amide bonds. The second-order valence-electron chi connectivity index (χ2n) is 3.55. The Labute approximate surface area is 104 Å². The van der Waals surface area contributed by atoms with Crippen LogP contribution in [-0.2, 0) is 0 Å². The number of benzene rings is 2. The molecule has 0 radical (unpaired) electrons. The summed E-state index contributed by atoms with van der Waals surface area (Å²) in [6, 6.07) is 18.5. The van der Waals surface area contributed by atoms with Gasteiger partial charge in [-0.05, 0) is 23.3 Å². The zero-order valence-corrected chi connectivity index (χ0v) is 10.6. The van der Waals surface area contributed by atoms with Gasteiger partial charge in [0, 0.05) is 0 Å². The van der Waals surface area contributed by atoms with E-state index in [0.29, 0.717) is 0 Å². The van der Waals surface area contributed by atoms with Gasteiger partial charge in [-0.15, -0.1) is 0 Å². The minimum absolute atomic E-state index is 0.236. The fourth-order valence-corrected chi connectivity index (χ4v) is 2.20. The molecule has 2 heteroatoms. The zero-order valence-electron chi connectivity index (χ0n) is 9.06. The van der Waals surface area contributed by atoms with Crippen molar-refractivity contribution in [3.8, 4) is 5.75 Å². The van der Waals surface area contributed by atoms with Crippen molar-refractivity contribution in [1.82, 2.24) is 0 Å². The summed E-state index contributed by atoms with van der Waals surface area (Å²) < 4.78 is 5.14. The van der Waals surface area contributed by atoms with E-state index in [0.717, 1.165) is 5.75 Å². The lowest BCUT2D eigenvalue weighted by Gasteiger charge is -2.11. The number of hydrogen-bond acceptors (Lipinski definition) is 1. The minimum atomic E-state index is 0.236. The van der Waals surface area contributed by atoms with Crippen molar-refractivity contribution in [2.45, 2.75) is 4.83 Å². The number of alkyl halides is 1. The molecule has 0 spiro atoms. The molecule has 2 aromatic carbocycles. The van der Waals surface area contributed by atoms with Gasteiger partial charge < -0.3 is 4.74 Å². The Morgan fingerprint density at radius 2 is 1.44 bits per heavy atom. The van der Waals surface area contributed by atoms with Crippen molar-refractivity contribution in [1.29, 1.82) is 0 Å². The van der Waals surface area contributed by atoms with Crippen molar-refractivity contribution >= 4 is 15.9 Å². The van der Waals surface area contributed by atoms with Crippen LogP contribution in [0.2, 0.25) is 0 Å². The Bertz CT molecular complexity index is 436. The van der Waals surface area contributed by atoms with Gasteiger partial charge in [-0.3, -0.25) is 0 Å². The summed E-state index contributed by atoms with van der Waals surface area (Å²) in [5.41, 5.74) is 2.49. The SMILES string of the molecule is COc1ccc(C(Br)c2ccccc2)cc1. The molecular formula is C14H13BrO. The molecule has 1 unspecified atom stereocenters. The van der Waals surface area contributed by atoms with E-state index >= 15 is 0 Å². The van der Waals surface area contributed by atoms with Crippen LogP contribution in [0.5, 0.6) is 5.75 Å². The molecule has 82 valence electrons. The molecule has 2 rings (SSSR count). The standard InChI is InChI=1S/C14H13BrO/c1-16-13-9-7-12(8-10-13)14(15)11-5-3-2-4-6-11/h2-10,14H,1H3. The number of ether oxygens (including phenoxy) is 1. The Morgan fingerprint density at radius 3 is 2.00 bits per heavy atom. The van der Waals surface area contributed by atoms with Gasteiger partial charge in [0.25, 0.3) is 0 Å². The number of rotatable bonds is 3. The summed E-state index contributed by atoms with van der Waals surface area (Å²) in [4.78, 5) is 0.236. The second-order valence-corrected chi connectivity index (χ2v) is 4.46. The Morgan fingerprint density at radius 1 is 0.875 bits per heavy atom. The summed E-state index contributed by atoms with van der Waals surface area (Å²) in [6.07, 6.45) is 0. The maximum Gasteiger partial charge on any atom is 0.118 e. The van der Waals surface area contributed by atoms with E-state index in [1.807, 2.05) is 30.3 Å². The van der Waals surface area contributed by atoms with Crippen LogP contribution in [0.1, 0.15) is 16.0 Å². The topological polar surface area (TPSA) is 9.23 Å². The van der Waals surface area contributed by atoms with Gasteiger partial charge in [0.2, 0.25) is 0 Å². The van der Waals surface area contributed by atoms with Crippen LogP contribution in [0.25, 0.3) is 0 Å². The lowest BCUT2D eigenvalue weighted by Crippen LogP contribution is -1.92. The minimum Gasteiger partial charge on any atom is -0.497 e. The van der Waals surface area contributed by atoms with Crippen molar-refractivity contribution in [3.63, 3.8) is 0 Å². The van der Waals surface area contributed by atoms with Gasteiger partial charge in [0.1, 0.15) is 5.75 Å². The van der Waals surface area contributed by atoms with Crippen molar-refractivity contribution in [3.05, 3.63) is 65.7 Å². The Kier molecular flexibility index (Phi) is 3.62. The van der Waals surface area contributed by atoms with E-state index in [4.69, 9.17) is 4.74 Å². The van der Waals surface area contributed by atoms with Gasteiger partial charge >= 0.3 is 0 Å². The van der Waals surface area contributed by atoms with E-state index < -0.39 is 0 Å². The Hall–Kier alpha value is -1.28. The quantitative estimate of drug-likeness (QED) is 0.765. The molecule has 0 saturated carbocycles. The highest BCUT2D eigenvalue weighted by molar-refractivity contribution is 9.09. The van der Waals surface area contributed by atoms with Crippen molar-refractivity contribution in [2.24, 2.45) is 0 Å². The molecule has 0 aliphatic rings. The molecule has 0 aromatic heterocycles. The lowest BCUT2D eigenvalue weighted by atomic mass is 10.1. The van der Waals surface area contributed by atoms with Crippen LogP contribution >= 0.6 is 15.9 Å². The van der Waals surface area contributed by atoms with Gasteiger partial charge in [-0.25, -0.2) is 0 Å². The zero-order chi connectivity index (χ0) is 11.4. The van der Waals surface area contributed by atoms with Crippen molar-refractivity contribution < 1.29 is 4.74 Å². The van der Waals surface area contributed by atoms with Crippen molar-refractivity contribution in [2.75, 3.05) is 7.11 Å². The molecule has 1 nitrogen and oxygen atoms in total. The summed E-state index contributed by atoms with van der Waals surface area (Å²) in [5.74, 6) is 0.886. The van der Waals surface area contributed by atoms with E-state index in [1.54, 1.807) is 7.11 Å². The molecule has 0 aliphatic carbocycles. The smallest absolute Gasteiger partial charge is 0.118 e. The van der Waals surface area contributed by atoms with Crippen LogP contribution in [0.15, 0.2) is 54.6 Å². The summed E-state index contributed by atoms with van der Waals surface area (Å²) >= 11 is 3.70. The Balaban J connectivity index is 2.24. The molecule has 16 heavy (non-hydrogen) atoms. The average molecular weight is 277 g/mol. The molecule has 0 bridgehead atoms. The highest BCUT2D eigenvalue weighted by atomic mass is 79.9. The summed E-state index contributed by atoms with van der Waals surface area (Å²) in [6.45, 7) is 0. The largest absolute Gasteiger partial charge is 0.497 e. The highest BCUT2D eigenvalue weighted by Crippen LogP contribution is 2.31. The number of hydrogen-bond donors (Lipinski definition) is 0. The summed E-state index contributed by atoms with van der Waals surface area (Å²) in [7, 11) is 1.68. The molecule has 0 aliphatic heterocycles. The van der Waals surface area contributed by atoms with Crippen LogP contribution in [0.3, 0.4) is 0 Å². The molecule has 0 N–H and O–H groups in total. The first-order valence-electron chi connectivity index (χ1n) is 5.14. The average Bonchev–Trinajstić information content (AvgIpc) is 2.39. The first-order valence-corrected chi connectivity index (χ1v) is 6.06. The van der Waals surface area contributed by atoms with Crippen LogP contribution in [0.4, 0.5) is 0 Å². The number of methoxy groups -OCH3 is 1. The maximum absolute atomic E-state index is 5.14. The molecular weight excluding hydrogens is 264 g/mol. The molecule has 0 saturated heterocycles. The third-order valence-corrected chi connectivity index (χ3v) is 3.56. The van der Waals surface area contributed by atoms with Crippen LogP contribution in [-0.4, -0.2) is 7.11 Å². The fourth-order valence-electron chi connectivity index (χ4n) is 1.59. The number of halogens is 1. The fraction of sp³-hybridized carbons (Fsp3) is 0.143. The van der Waals surface area contributed by atoms with E-state index in [-0.39, 0.29) is 4.83 Å². The monoisotopic (exact) mass is 276 g/mol. The van der Waals surface area contributed by atoms with E-state index in [1.165, 1.54) is 11.1 Å². The second kappa shape index (κ2) is 5.17.